The lowest BCUT2D eigenvalue weighted by atomic mass is 10.1. The number of piperidine rings is 1. The van der Waals surface area contributed by atoms with Gasteiger partial charge in [-0.05, 0) is 31.4 Å². The van der Waals surface area contributed by atoms with E-state index in [-0.39, 0.29) is 11.9 Å². The van der Waals surface area contributed by atoms with Crippen molar-refractivity contribution in [1.82, 2.24) is 9.88 Å². The summed E-state index contributed by atoms with van der Waals surface area (Å²) in [4.78, 5) is 23.0. The molecule has 0 aromatic carbocycles. The van der Waals surface area contributed by atoms with Crippen LogP contribution in [0.5, 0.6) is 0 Å². The first-order valence-corrected chi connectivity index (χ1v) is 7.73. The maximum absolute atomic E-state index is 12.4. The number of pyridine rings is 1. The van der Waals surface area contributed by atoms with E-state index in [1.807, 2.05) is 17.0 Å². The molecule has 0 saturated carbocycles. The first kappa shape index (κ1) is 12.7. The summed E-state index contributed by atoms with van der Waals surface area (Å²) >= 11 is 1.66. The lowest BCUT2D eigenvalue weighted by Crippen LogP contribution is -2.41. The Balaban J connectivity index is 1.70. The van der Waals surface area contributed by atoms with Gasteiger partial charge in [0, 0.05) is 36.8 Å². The Kier molecular flexibility index (Phi) is 3.82. The number of rotatable bonds is 2. The molecular weight excluding hydrogens is 258 g/mol. The molecule has 2 aliphatic rings. The van der Waals surface area contributed by atoms with Gasteiger partial charge in [-0.3, -0.25) is 14.8 Å². The fourth-order valence-corrected chi connectivity index (χ4v) is 3.49. The summed E-state index contributed by atoms with van der Waals surface area (Å²) in [6, 6.07) is 3.70. The number of hydrogen-bond donors (Lipinski definition) is 0. The predicted molar refractivity (Wildman–Crippen MR) is 77.5 cm³/mol. The quantitative estimate of drug-likeness (QED) is 0.829. The van der Waals surface area contributed by atoms with E-state index in [0.717, 1.165) is 42.3 Å². The van der Waals surface area contributed by atoms with Crippen molar-refractivity contribution in [2.75, 3.05) is 18.8 Å². The fourth-order valence-electron chi connectivity index (χ4n) is 2.47. The van der Waals surface area contributed by atoms with E-state index >= 15 is 0 Å². The highest BCUT2D eigenvalue weighted by Crippen LogP contribution is 2.25. The molecule has 4 nitrogen and oxygen atoms in total. The van der Waals surface area contributed by atoms with Gasteiger partial charge >= 0.3 is 0 Å². The van der Waals surface area contributed by atoms with Gasteiger partial charge in [0.25, 0.3) is 0 Å². The molecule has 1 aromatic rings. The number of hydrogen-bond acceptors (Lipinski definition) is 4. The number of aromatic nitrogens is 1. The van der Waals surface area contributed by atoms with Crippen LogP contribution in [0.4, 0.5) is 0 Å². The number of aliphatic imine (C=N–C) groups is 1. The van der Waals surface area contributed by atoms with Crippen LogP contribution in [0.15, 0.2) is 29.5 Å². The molecule has 1 atom stereocenters. The van der Waals surface area contributed by atoms with Crippen LogP contribution in [0.25, 0.3) is 0 Å². The largest absolute Gasteiger partial charge is 0.341 e. The van der Waals surface area contributed by atoms with Crippen LogP contribution in [0.2, 0.25) is 0 Å². The van der Waals surface area contributed by atoms with Gasteiger partial charge in [-0.15, -0.1) is 11.8 Å². The molecule has 1 aromatic heterocycles. The second kappa shape index (κ2) is 5.74. The van der Waals surface area contributed by atoms with E-state index in [0.29, 0.717) is 0 Å². The molecular formula is C14H17N3OS. The number of amides is 1. The average Bonchev–Trinajstić information content (AvgIpc) is 2.98. The van der Waals surface area contributed by atoms with Gasteiger partial charge in [0.05, 0.1) is 0 Å². The lowest BCUT2D eigenvalue weighted by molar-refractivity contribution is -0.132. The van der Waals surface area contributed by atoms with E-state index in [4.69, 9.17) is 0 Å². The Morgan fingerprint density at radius 1 is 1.32 bits per heavy atom. The molecule has 3 rings (SSSR count). The van der Waals surface area contributed by atoms with Gasteiger partial charge in [0.2, 0.25) is 5.91 Å². The van der Waals surface area contributed by atoms with Crippen LogP contribution in [0.1, 0.15) is 24.8 Å². The first-order chi connectivity index (χ1) is 9.34. The number of likely N-dealkylation sites (tertiary alicyclic amines) is 1. The van der Waals surface area contributed by atoms with E-state index < -0.39 is 0 Å². The standard InChI is InChI=1S/C14H17N3OS/c18-14(17-7-2-1-3-8-17)12-10-19-13(16-12)11-5-4-6-15-9-11/h4-6,9,12H,1-3,7-8,10H2. The zero-order valence-electron chi connectivity index (χ0n) is 10.8. The molecule has 1 saturated heterocycles. The molecule has 5 heteroatoms. The Morgan fingerprint density at radius 2 is 2.16 bits per heavy atom. The summed E-state index contributed by atoms with van der Waals surface area (Å²) < 4.78 is 0. The summed E-state index contributed by atoms with van der Waals surface area (Å²) in [5.74, 6) is 0.964. The van der Waals surface area contributed by atoms with Crippen molar-refractivity contribution in [3.8, 4) is 0 Å². The minimum Gasteiger partial charge on any atom is -0.341 e. The molecule has 0 aliphatic carbocycles. The zero-order valence-corrected chi connectivity index (χ0v) is 11.6. The summed E-state index contributed by atoms with van der Waals surface area (Å²) in [5, 5.41) is 0.948. The Hall–Kier alpha value is -1.36. The van der Waals surface area contributed by atoms with Crippen LogP contribution in [0, 0.1) is 0 Å². The topological polar surface area (TPSA) is 45.6 Å². The molecule has 1 amide bonds. The highest BCUT2D eigenvalue weighted by Gasteiger charge is 2.30. The van der Waals surface area contributed by atoms with Gasteiger partial charge in [0.1, 0.15) is 11.1 Å². The lowest BCUT2D eigenvalue weighted by Gasteiger charge is -2.28. The van der Waals surface area contributed by atoms with Gasteiger partial charge in [-0.1, -0.05) is 0 Å². The molecule has 100 valence electrons. The van der Waals surface area contributed by atoms with Gasteiger partial charge in [0.15, 0.2) is 0 Å². The highest BCUT2D eigenvalue weighted by molar-refractivity contribution is 8.14. The third kappa shape index (κ3) is 2.81. The van der Waals surface area contributed by atoms with Crippen LogP contribution in [-0.4, -0.2) is 45.7 Å². The minimum atomic E-state index is -0.196. The number of thioether (sulfide) groups is 1. The molecule has 2 aliphatic heterocycles. The van der Waals surface area contributed by atoms with Crippen LogP contribution in [0.3, 0.4) is 0 Å². The molecule has 0 spiro atoms. The van der Waals surface area contributed by atoms with E-state index in [1.165, 1.54) is 6.42 Å². The molecule has 0 radical (unpaired) electrons. The summed E-state index contributed by atoms with van der Waals surface area (Å²) in [7, 11) is 0. The molecule has 0 bridgehead atoms. The van der Waals surface area contributed by atoms with Gasteiger partial charge in [-0.25, -0.2) is 0 Å². The van der Waals surface area contributed by atoms with Gasteiger partial charge in [-0.2, -0.15) is 0 Å². The van der Waals surface area contributed by atoms with E-state index in [2.05, 4.69) is 9.98 Å². The monoisotopic (exact) mass is 275 g/mol. The summed E-state index contributed by atoms with van der Waals surface area (Å²) in [5.41, 5.74) is 1.02. The summed E-state index contributed by atoms with van der Waals surface area (Å²) in [6.45, 7) is 1.80. The van der Waals surface area contributed by atoms with Crippen molar-refractivity contribution in [3.05, 3.63) is 30.1 Å². The molecule has 0 N–H and O–H groups in total. The SMILES string of the molecule is O=C(C1CSC(c2cccnc2)=N1)N1CCCCC1. The Bertz CT molecular complexity index is 483. The predicted octanol–water partition coefficient (Wildman–Crippen LogP) is 1.96. The highest BCUT2D eigenvalue weighted by atomic mass is 32.2. The molecule has 19 heavy (non-hydrogen) atoms. The van der Waals surface area contributed by atoms with Crippen molar-refractivity contribution < 1.29 is 4.79 Å². The Labute approximate surface area is 117 Å². The average molecular weight is 275 g/mol. The number of carbonyl (C=O) groups is 1. The van der Waals surface area contributed by atoms with Crippen molar-refractivity contribution in [2.24, 2.45) is 4.99 Å². The third-order valence-corrected chi connectivity index (χ3v) is 4.61. The second-order valence-corrected chi connectivity index (χ2v) is 5.90. The summed E-state index contributed by atoms with van der Waals surface area (Å²) in [6.07, 6.45) is 7.06. The van der Waals surface area contributed by atoms with Crippen molar-refractivity contribution in [2.45, 2.75) is 25.3 Å². The molecule has 1 unspecified atom stereocenters. The fraction of sp³-hybridized carbons (Fsp3) is 0.500. The molecule has 3 heterocycles. The van der Waals surface area contributed by atoms with E-state index in [1.54, 1.807) is 24.2 Å². The third-order valence-electron chi connectivity index (χ3n) is 3.51. The first-order valence-electron chi connectivity index (χ1n) is 6.74. The second-order valence-electron chi connectivity index (χ2n) is 4.89. The number of carbonyl (C=O) groups excluding carboxylic acids is 1. The molecule has 1 fully saturated rings. The number of nitrogens with zero attached hydrogens (tertiary/aromatic N) is 3. The van der Waals surface area contributed by atoms with Crippen LogP contribution in [-0.2, 0) is 4.79 Å². The van der Waals surface area contributed by atoms with Crippen LogP contribution < -0.4 is 0 Å². The smallest absolute Gasteiger partial charge is 0.248 e. The maximum atomic E-state index is 12.4. The maximum Gasteiger partial charge on any atom is 0.248 e. The van der Waals surface area contributed by atoms with Crippen molar-refractivity contribution >= 4 is 22.7 Å². The minimum absolute atomic E-state index is 0.196. The van der Waals surface area contributed by atoms with Crippen molar-refractivity contribution in [1.29, 1.82) is 0 Å². The zero-order chi connectivity index (χ0) is 13.1. The van der Waals surface area contributed by atoms with Crippen LogP contribution >= 0.6 is 11.8 Å². The van der Waals surface area contributed by atoms with E-state index in [9.17, 15) is 4.79 Å². The van der Waals surface area contributed by atoms with Gasteiger partial charge < -0.3 is 4.90 Å². The van der Waals surface area contributed by atoms with Crippen molar-refractivity contribution in [3.63, 3.8) is 0 Å². The Morgan fingerprint density at radius 3 is 2.89 bits per heavy atom. The normalized spacial score (nSPS) is 23.3.